The van der Waals surface area contributed by atoms with Crippen LogP contribution in [0.1, 0.15) is 28.8 Å². The van der Waals surface area contributed by atoms with Crippen LogP contribution >= 0.6 is 0 Å². The maximum atomic E-state index is 12.1. The van der Waals surface area contributed by atoms with Gasteiger partial charge in [0.05, 0.1) is 13.7 Å². The Kier molecular flexibility index (Phi) is 7.64. The zero-order valence-electron chi connectivity index (χ0n) is 16.9. The number of rotatable bonds is 8. The number of benzene rings is 2. The summed E-state index contributed by atoms with van der Waals surface area (Å²) in [6.07, 6.45) is 2.26. The Balaban J connectivity index is 1.37. The van der Waals surface area contributed by atoms with E-state index in [4.69, 9.17) is 4.74 Å². The predicted octanol–water partition coefficient (Wildman–Crippen LogP) is 2.45. The Morgan fingerprint density at radius 1 is 1.07 bits per heavy atom. The number of carbonyl (C=O) groups excluding carboxylic acids is 2. The lowest BCUT2D eigenvalue weighted by Gasteiger charge is -2.32. The number of nitrogens with zero attached hydrogens (tertiary/aromatic N) is 1. The third-order valence-corrected chi connectivity index (χ3v) is 5.20. The van der Waals surface area contributed by atoms with Crippen molar-refractivity contribution in [3.05, 3.63) is 65.7 Å². The molecular formula is C23H29N3O3. The maximum Gasteiger partial charge on any atom is 0.251 e. The molecule has 2 amide bonds. The number of likely N-dealkylation sites (tertiary alicyclic amines) is 1. The normalized spacial score (nSPS) is 16.8. The second kappa shape index (κ2) is 10.6. The number of amides is 2. The van der Waals surface area contributed by atoms with Gasteiger partial charge in [-0.25, -0.2) is 0 Å². The van der Waals surface area contributed by atoms with Crippen LogP contribution in [-0.2, 0) is 11.3 Å². The van der Waals surface area contributed by atoms with E-state index in [9.17, 15) is 9.59 Å². The lowest BCUT2D eigenvalue weighted by atomic mass is 9.97. The van der Waals surface area contributed by atoms with E-state index in [1.807, 2.05) is 6.07 Å². The molecule has 0 spiro atoms. The van der Waals surface area contributed by atoms with Gasteiger partial charge in [-0.3, -0.25) is 14.5 Å². The van der Waals surface area contributed by atoms with E-state index in [0.29, 0.717) is 23.8 Å². The Bertz CT molecular complexity index is 793. The van der Waals surface area contributed by atoms with Crippen LogP contribution in [0.5, 0.6) is 5.75 Å². The van der Waals surface area contributed by atoms with Crippen molar-refractivity contribution in [2.24, 2.45) is 5.92 Å². The van der Waals surface area contributed by atoms with E-state index >= 15 is 0 Å². The van der Waals surface area contributed by atoms with Crippen LogP contribution in [0.4, 0.5) is 0 Å². The SMILES string of the molecule is COc1ccc(C(=O)NCC(=O)NCC2CCCN(Cc3ccccc3)C2)cc1. The zero-order chi connectivity index (χ0) is 20.5. The number of hydrogen-bond donors (Lipinski definition) is 2. The molecule has 1 aliphatic rings. The number of carbonyl (C=O) groups is 2. The van der Waals surface area contributed by atoms with Gasteiger partial charge in [-0.1, -0.05) is 30.3 Å². The van der Waals surface area contributed by atoms with Gasteiger partial charge in [-0.05, 0) is 55.1 Å². The van der Waals surface area contributed by atoms with E-state index in [0.717, 1.165) is 32.5 Å². The van der Waals surface area contributed by atoms with Crippen molar-refractivity contribution in [2.45, 2.75) is 19.4 Å². The summed E-state index contributed by atoms with van der Waals surface area (Å²) >= 11 is 0. The molecule has 154 valence electrons. The van der Waals surface area contributed by atoms with Gasteiger partial charge < -0.3 is 15.4 Å². The molecule has 1 heterocycles. The van der Waals surface area contributed by atoms with Crippen molar-refractivity contribution in [3.8, 4) is 5.75 Å². The Labute approximate surface area is 172 Å². The molecule has 29 heavy (non-hydrogen) atoms. The van der Waals surface area contributed by atoms with Crippen LogP contribution in [0.2, 0.25) is 0 Å². The monoisotopic (exact) mass is 395 g/mol. The fraction of sp³-hybridized carbons (Fsp3) is 0.391. The molecule has 6 heteroatoms. The molecule has 0 aliphatic carbocycles. The second-order valence-electron chi connectivity index (χ2n) is 7.44. The molecule has 2 aromatic rings. The summed E-state index contributed by atoms with van der Waals surface area (Å²) in [4.78, 5) is 26.7. The number of hydrogen-bond acceptors (Lipinski definition) is 4. The van der Waals surface area contributed by atoms with Crippen molar-refractivity contribution in [2.75, 3.05) is 33.3 Å². The number of methoxy groups -OCH3 is 1. The Hall–Kier alpha value is -2.86. The van der Waals surface area contributed by atoms with Crippen molar-refractivity contribution in [3.63, 3.8) is 0 Å². The van der Waals surface area contributed by atoms with E-state index in [1.54, 1.807) is 31.4 Å². The highest BCUT2D eigenvalue weighted by Crippen LogP contribution is 2.18. The Morgan fingerprint density at radius 3 is 2.55 bits per heavy atom. The molecule has 0 saturated carbocycles. The molecule has 1 aliphatic heterocycles. The molecule has 6 nitrogen and oxygen atoms in total. The standard InChI is InChI=1S/C23H29N3O3/c1-29-21-11-9-20(10-12-21)23(28)25-15-22(27)24-14-19-8-5-13-26(17-19)16-18-6-3-2-4-7-18/h2-4,6-7,9-12,19H,5,8,13-17H2,1H3,(H,24,27)(H,25,28). The smallest absolute Gasteiger partial charge is 0.251 e. The van der Waals surface area contributed by atoms with Gasteiger partial charge in [-0.2, -0.15) is 0 Å². The van der Waals surface area contributed by atoms with Crippen LogP contribution in [0.3, 0.4) is 0 Å². The van der Waals surface area contributed by atoms with Crippen LogP contribution in [0.15, 0.2) is 54.6 Å². The summed E-state index contributed by atoms with van der Waals surface area (Å²) in [5.41, 5.74) is 1.82. The van der Waals surface area contributed by atoms with Crippen LogP contribution in [0.25, 0.3) is 0 Å². The van der Waals surface area contributed by atoms with Gasteiger partial charge in [0.2, 0.25) is 5.91 Å². The van der Waals surface area contributed by atoms with Crippen molar-refractivity contribution in [1.82, 2.24) is 15.5 Å². The minimum Gasteiger partial charge on any atom is -0.497 e. The average molecular weight is 396 g/mol. The molecule has 1 saturated heterocycles. The molecule has 2 N–H and O–H groups in total. The second-order valence-corrected chi connectivity index (χ2v) is 7.44. The van der Waals surface area contributed by atoms with Gasteiger partial charge >= 0.3 is 0 Å². The first kappa shape index (κ1) is 20.9. The van der Waals surface area contributed by atoms with Gasteiger partial charge in [0, 0.05) is 25.2 Å². The molecule has 2 aromatic carbocycles. The first-order valence-corrected chi connectivity index (χ1v) is 10.1. The minimum absolute atomic E-state index is 0.0225. The van der Waals surface area contributed by atoms with E-state index in [2.05, 4.69) is 39.8 Å². The molecule has 3 rings (SSSR count). The van der Waals surface area contributed by atoms with E-state index in [1.165, 1.54) is 5.56 Å². The molecule has 0 aromatic heterocycles. The first-order valence-electron chi connectivity index (χ1n) is 10.1. The lowest BCUT2D eigenvalue weighted by molar-refractivity contribution is -0.120. The summed E-state index contributed by atoms with van der Waals surface area (Å²) < 4.78 is 5.08. The fourth-order valence-corrected chi connectivity index (χ4v) is 3.63. The molecule has 0 radical (unpaired) electrons. The summed E-state index contributed by atoms with van der Waals surface area (Å²) in [6, 6.07) is 17.3. The number of nitrogens with one attached hydrogen (secondary N) is 2. The topological polar surface area (TPSA) is 70.7 Å². The average Bonchev–Trinajstić information content (AvgIpc) is 2.77. The lowest BCUT2D eigenvalue weighted by Crippen LogP contribution is -2.43. The first-order chi connectivity index (χ1) is 14.1. The van der Waals surface area contributed by atoms with E-state index < -0.39 is 0 Å². The van der Waals surface area contributed by atoms with Gasteiger partial charge in [0.25, 0.3) is 5.91 Å². The summed E-state index contributed by atoms with van der Waals surface area (Å²) in [7, 11) is 1.58. The fourth-order valence-electron chi connectivity index (χ4n) is 3.63. The maximum absolute atomic E-state index is 12.1. The third kappa shape index (κ3) is 6.61. The number of ether oxygens (including phenoxy) is 1. The summed E-state index contributed by atoms with van der Waals surface area (Å²) in [5, 5.41) is 5.62. The highest BCUT2D eigenvalue weighted by atomic mass is 16.5. The highest BCUT2D eigenvalue weighted by Gasteiger charge is 2.20. The molecule has 1 fully saturated rings. The van der Waals surface area contributed by atoms with Gasteiger partial charge in [0.1, 0.15) is 5.75 Å². The predicted molar refractivity (Wildman–Crippen MR) is 113 cm³/mol. The van der Waals surface area contributed by atoms with Gasteiger partial charge in [0.15, 0.2) is 0 Å². The van der Waals surface area contributed by atoms with Gasteiger partial charge in [-0.15, -0.1) is 0 Å². The molecular weight excluding hydrogens is 366 g/mol. The van der Waals surface area contributed by atoms with Crippen molar-refractivity contribution >= 4 is 11.8 Å². The molecule has 1 unspecified atom stereocenters. The Morgan fingerprint density at radius 2 is 1.83 bits per heavy atom. The van der Waals surface area contributed by atoms with E-state index in [-0.39, 0.29) is 18.4 Å². The van der Waals surface area contributed by atoms with Crippen molar-refractivity contribution < 1.29 is 14.3 Å². The molecule has 0 bridgehead atoms. The zero-order valence-corrected chi connectivity index (χ0v) is 16.9. The number of piperidine rings is 1. The third-order valence-electron chi connectivity index (χ3n) is 5.20. The van der Waals surface area contributed by atoms with Crippen LogP contribution < -0.4 is 15.4 Å². The van der Waals surface area contributed by atoms with Crippen molar-refractivity contribution in [1.29, 1.82) is 0 Å². The summed E-state index contributed by atoms with van der Waals surface area (Å²) in [5.74, 6) is 0.698. The largest absolute Gasteiger partial charge is 0.497 e. The molecule has 1 atom stereocenters. The highest BCUT2D eigenvalue weighted by molar-refractivity contribution is 5.96. The summed E-state index contributed by atoms with van der Waals surface area (Å²) in [6.45, 7) is 3.64. The van der Waals surface area contributed by atoms with Crippen LogP contribution in [0, 0.1) is 5.92 Å². The minimum atomic E-state index is -0.269. The quantitative estimate of drug-likeness (QED) is 0.720. The van der Waals surface area contributed by atoms with Crippen LogP contribution in [-0.4, -0.2) is 50.0 Å².